The van der Waals surface area contributed by atoms with Crippen LogP contribution >= 0.6 is 0 Å². The van der Waals surface area contributed by atoms with E-state index in [4.69, 9.17) is 10.2 Å². The molecule has 0 spiro atoms. The van der Waals surface area contributed by atoms with Crippen LogP contribution in [0, 0.1) is 13.8 Å². The third-order valence-electron chi connectivity index (χ3n) is 4.68. The molecule has 3 heterocycles. The number of halogens is 3. The Labute approximate surface area is 136 Å². The summed E-state index contributed by atoms with van der Waals surface area (Å²) in [6.07, 6.45) is -5.34. The highest BCUT2D eigenvalue weighted by molar-refractivity contribution is 5.88. The number of aromatic nitrogens is 2. The van der Waals surface area contributed by atoms with Crippen molar-refractivity contribution in [1.29, 1.82) is 0 Å². The van der Waals surface area contributed by atoms with E-state index in [2.05, 4.69) is 9.97 Å². The molecule has 132 valence electrons. The summed E-state index contributed by atoms with van der Waals surface area (Å²) in [7, 11) is 0. The molecule has 6 nitrogen and oxygen atoms in total. The van der Waals surface area contributed by atoms with Crippen LogP contribution in [0.5, 0.6) is 0 Å². The lowest BCUT2D eigenvalue weighted by atomic mass is 9.91. The van der Waals surface area contributed by atoms with Crippen molar-refractivity contribution in [3.05, 3.63) is 17.1 Å². The molecule has 9 heteroatoms. The number of rotatable bonds is 2. The van der Waals surface area contributed by atoms with Crippen molar-refractivity contribution in [3.8, 4) is 0 Å². The average molecular weight is 344 g/mol. The Morgan fingerprint density at radius 2 is 1.88 bits per heavy atom. The van der Waals surface area contributed by atoms with E-state index in [0.717, 1.165) is 5.56 Å². The van der Waals surface area contributed by atoms with E-state index in [9.17, 15) is 18.3 Å². The number of fused-ring (bicyclic) bond motifs is 1. The third kappa shape index (κ3) is 2.82. The van der Waals surface area contributed by atoms with E-state index in [0.29, 0.717) is 28.5 Å². The second-order valence-electron chi connectivity index (χ2n) is 6.29. The molecule has 0 aliphatic carbocycles. The van der Waals surface area contributed by atoms with Gasteiger partial charge in [0, 0.05) is 18.7 Å². The zero-order chi connectivity index (χ0) is 17.7. The third-order valence-corrected chi connectivity index (χ3v) is 4.68. The lowest BCUT2D eigenvalue weighted by Gasteiger charge is -2.38. The number of aryl methyl sites for hydroxylation is 2. The minimum atomic E-state index is -4.61. The van der Waals surface area contributed by atoms with E-state index in [1.807, 2.05) is 6.92 Å². The minimum absolute atomic E-state index is 0.105. The van der Waals surface area contributed by atoms with Crippen LogP contribution in [0.3, 0.4) is 0 Å². The summed E-state index contributed by atoms with van der Waals surface area (Å²) >= 11 is 0. The number of nitrogens with two attached hydrogens (primary N) is 1. The fourth-order valence-electron chi connectivity index (χ4n) is 2.96. The summed E-state index contributed by atoms with van der Waals surface area (Å²) < 4.78 is 44.0. The van der Waals surface area contributed by atoms with Crippen molar-refractivity contribution in [2.45, 2.75) is 45.0 Å². The van der Waals surface area contributed by atoms with Gasteiger partial charge in [-0.3, -0.25) is 4.90 Å². The van der Waals surface area contributed by atoms with E-state index in [1.54, 1.807) is 11.8 Å². The van der Waals surface area contributed by atoms with Crippen LogP contribution in [0.15, 0.2) is 4.42 Å². The highest BCUT2D eigenvalue weighted by atomic mass is 19.4. The predicted molar refractivity (Wildman–Crippen MR) is 81.2 cm³/mol. The smallest absolute Gasteiger partial charge is 0.417 e. The van der Waals surface area contributed by atoms with Gasteiger partial charge in [-0.05, 0) is 26.7 Å². The molecule has 0 amide bonds. The molecule has 2 aromatic rings. The quantitative estimate of drug-likeness (QED) is 0.869. The largest absolute Gasteiger partial charge is 0.443 e. The van der Waals surface area contributed by atoms with Crippen LogP contribution in [-0.4, -0.2) is 44.8 Å². The van der Waals surface area contributed by atoms with Crippen LogP contribution in [0.1, 0.15) is 30.0 Å². The Morgan fingerprint density at radius 1 is 1.25 bits per heavy atom. The van der Waals surface area contributed by atoms with E-state index >= 15 is 0 Å². The topological polar surface area (TPSA) is 88.4 Å². The molecule has 1 fully saturated rings. The van der Waals surface area contributed by atoms with Gasteiger partial charge in [0.25, 0.3) is 0 Å². The Kier molecular flexibility index (Phi) is 3.95. The molecule has 2 aromatic heterocycles. The van der Waals surface area contributed by atoms with Crippen molar-refractivity contribution < 1.29 is 22.7 Å². The van der Waals surface area contributed by atoms with Gasteiger partial charge in [0.05, 0.1) is 11.9 Å². The lowest BCUT2D eigenvalue weighted by Crippen LogP contribution is -2.53. The molecule has 1 aliphatic heterocycles. The molecule has 0 saturated carbocycles. The SMILES string of the molecule is Cc1oc2nc(CN3CCC(O)(C(F)(F)F)CC3)nc(N)c2c1C. The molecule has 0 bridgehead atoms. The van der Waals surface area contributed by atoms with Gasteiger partial charge < -0.3 is 15.3 Å². The monoisotopic (exact) mass is 344 g/mol. The van der Waals surface area contributed by atoms with Crippen molar-refractivity contribution in [3.63, 3.8) is 0 Å². The van der Waals surface area contributed by atoms with Crippen LogP contribution in [0.4, 0.5) is 19.0 Å². The molecular formula is C15H19F3N4O2. The minimum Gasteiger partial charge on any atom is -0.443 e. The second kappa shape index (κ2) is 5.59. The first-order chi connectivity index (χ1) is 11.1. The van der Waals surface area contributed by atoms with Gasteiger partial charge in [-0.25, -0.2) is 4.98 Å². The number of piperidine rings is 1. The van der Waals surface area contributed by atoms with E-state index < -0.39 is 11.8 Å². The molecule has 1 saturated heterocycles. The molecule has 0 aromatic carbocycles. The first kappa shape index (κ1) is 17.0. The number of anilines is 1. The zero-order valence-corrected chi connectivity index (χ0v) is 13.4. The van der Waals surface area contributed by atoms with Crippen molar-refractivity contribution in [2.24, 2.45) is 0 Å². The average Bonchev–Trinajstić information content (AvgIpc) is 2.76. The summed E-state index contributed by atoms with van der Waals surface area (Å²) in [5, 5.41) is 10.4. The molecule has 3 rings (SSSR count). The van der Waals surface area contributed by atoms with Gasteiger partial charge in [0.15, 0.2) is 5.60 Å². The number of alkyl halides is 3. The van der Waals surface area contributed by atoms with Crippen LogP contribution in [0.25, 0.3) is 11.1 Å². The number of hydrogen-bond donors (Lipinski definition) is 2. The number of hydrogen-bond acceptors (Lipinski definition) is 6. The van der Waals surface area contributed by atoms with Gasteiger partial charge in [-0.1, -0.05) is 0 Å². The Hall–Kier alpha value is -1.87. The predicted octanol–water partition coefficient (Wildman–Crippen LogP) is 2.31. The molecule has 1 aliphatic rings. The van der Waals surface area contributed by atoms with Crippen molar-refractivity contribution in [1.82, 2.24) is 14.9 Å². The maximum atomic E-state index is 12.8. The number of nitrogen functional groups attached to an aromatic ring is 1. The number of likely N-dealkylation sites (tertiary alicyclic amines) is 1. The van der Waals surface area contributed by atoms with Crippen LogP contribution in [-0.2, 0) is 6.54 Å². The van der Waals surface area contributed by atoms with Crippen molar-refractivity contribution in [2.75, 3.05) is 18.8 Å². The standard InChI is InChI=1S/C15H19F3N4O2/c1-8-9(2)24-13-11(8)12(19)20-10(21-13)7-22-5-3-14(23,4-6-22)15(16,17)18/h23H,3-7H2,1-2H3,(H2,19,20,21). The summed E-state index contributed by atoms with van der Waals surface area (Å²) in [6.45, 7) is 4.13. The first-order valence-electron chi connectivity index (χ1n) is 7.64. The highest BCUT2D eigenvalue weighted by Crippen LogP contribution is 2.38. The summed E-state index contributed by atoms with van der Waals surface area (Å²) in [5.74, 6) is 1.40. The van der Waals surface area contributed by atoms with Gasteiger partial charge in [0.1, 0.15) is 17.4 Å². The van der Waals surface area contributed by atoms with Crippen molar-refractivity contribution >= 4 is 16.9 Å². The molecule has 24 heavy (non-hydrogen) atoms. The maximum Gasteiger partial charge on any atom is 0.417 e. The van der Waals surface area contributed by atoms with Gasteiger partial charge in [0.2, 0.25) is 5.71 Å². The Bertz CT molecular complexity index is 764. The van der Waals surface area contributed by atoms with Gasteiger partial charge >= 0.3 is 6.18 Å². The van der Waals surface area contributed by atoms with Gasteiger partial charge in [-0.15, -0.1) is 0 Å². The summed E-state index contributed by atoms with van der Waals surface area (Å²) in [4.78, 5) is 10.3. The highest BCUT2D eigenvalue weighted by Gasteiger charge is 2.54. The molecular weight excluding hydrogens is 325 g/mol. The van der Waals surface area contributed by atoms with Crippen LogP contribution in [0.2, 0.25) is 0 Å². The van der Waals surface area contributed by atoms with Gasteiger partial charge in [-0.2, -0.15) is 18.2 Å². The molecule has 0 radical (unpaired) electrons. The van der Waals surface area contributed by atoms with E-state index in [1.165, 1.54) is 0 Å². The first-order valence-corrected chi connectivity index (χ1v) is 7.64. The summed E-state index contributed by atoms with van der Waals surface area (Å²) in [5.41, 5.74) is 4.61. The fourth-order valence-corrected chi connectivity index (χ4v) is 2.96. The Balaban J connectivity index is 1.75. The number of nitrogens with zero attached hydrogens (tertiary/aromatic N) is 3. The molecule has 3 N–H and O–H groups in total. The van der Waals surface area contributed by atoms with E-state index in [-0.39, 0.29) is 32.5 Å². The number of aliphatic hydroxyl groups is 1. The summed E-state index contributed by atoms with van der Waals surface area (Å²) in [6, 6.07) is 0. The fraction of sp³-hybridized carbons (Fsp3) is 0.600. The number of furan rings is 1. The lowest BCUT2D eigenvalue weighted by molar-refractivity contribution is -0.272. The molecule has 0 unspecified atom stereocenters. The normalized spacial score (nSPS) is 19.1. The maximum absolute atomic E-state index is 12.8. The Morgan fingerprint density at radius 3 is 2.46 bits per heavy atom. The second-order valence-corrected chi connectivity index (χ2v) is 6.29. The van der Waals surface area contributed by atoms with Crippen LogP contribution < -0.4 is 5.73 Å². The zero-order valence-electron chi connectivity index (χ0n) is 13.4. The molecule has 0 atom stereocenters.